The Hall–Kier alpha value is -0.370. The monoisotopic (exact) mass is 115 g/mol. The highest BCUT2D eigenvalue weighted by Gasteiger charge is 1.70. The van der Waals surface area contributed by atoms with Crippen molar-refractivity contribution in [3.63, 3.8) is 0 Å². The summed E-state index contributed by atoms with van der Waals surface area (Å²) in [7, 11) is 0. The van der Waals surface area contributed by atoms with Crippen LogP contribution < -0.4 is 5.73 Å². The molecule has 0 bridgehead atoms. The largest absolute Gasteiger partial charge is 0.402 e. The van der Waals surface area contributed by atoms with Crippen LogP contribution >= 0.6 is 11.8 Å². The van der Waals surface area contributed by atoms with Gasteiger partial charge in [-0.3, -0.25) is 0 Å². The fourth-order valence-electron chi connectivity index (χ4n) is 0.155. The first-order valence-corrected chi connectivity index (χ1v) is 2.90. The van der Waals surface area contributed by atoms with Crippen LogP contribution in [-0.4, -0.2) is 0 Å². The van der Waals surface area contributed by atoms with Crippen molar-refractivity contribution in [1.29, 1.82) is 0 Å². The maximum Gasteiger partial charge on any atom is 0.0116 e. The molecule has 0 aromatic heterocycles. The third-order valence-corrected chi connectivity index (χ3v) is 1.05. The van der Waals surface area contributed by atoms with Gasteiger partial charge in [0, 0.05) is 5.70 Å². The van der Waals surface area contributed by atoms with Gasteiger partial charge < -0.3 is 5.73 Å². The number of hydrogen-bond donors (Lipinski definition) is 1. The summed E-state index contributed by atoms with van der Waals surface area (Å²) < 4.78 is 0. The molecule has 40 valence electrons. The molecule has 0 aliphatic rings. The Labute approximate surface area is 48.3 Å². The smallest absolute Gasteiger partial charge is 0.0116 e. The molecule has 0 radical (unpaired) electrons. The topological polar surface area (TPSA) is 26.0 Å². The molecule has 0 aliphatic heterocycles. The van der Waals surface area contributed by atoms with Crippen LogP contribution in [0.1, 0.15) is 6.92 Å². The van der Waals surface area contributed by atoms with Crippen molar-refractivity contribution in [3.8, 4) is 0 Å². The molecule has 2 heteroatoms. The van der Waals surface area contributed by atoms with Crippen molar-refractivity contribution < 1.29 is 0 Å². The summed E-state index contributed by atoms with van der Waals surface area (Å²) in [5.74, 6) is 0. The quantitative estimate of drug-likeness (QED) is 0.592. The molecular formula is C5H9NS. The molecule has 0 amide bonds. The van der Waals surface area contributed by atoms with E-state index in [1.54, 1.807) is 5.41 Å². The minimum Gasteiger partial charge on any atom is -0.402 e. The van der Waals surface area contributed by atoms with Crippen LogP contribution in [0.25, 0.3) is 0 Å². The predicted octanol–water partition coefficient (Wildman–Crippen LogP) is 1.68. The Bertz CT molecular complexity index is 82.1. The molecule has 0 rings (SSSR count). The zero-order chi connectivity index (χ0) is 5.70. The van der Waals surface area contributed by atoms with Crippen LogP contribution in [-0.2, 0) is 0 Å². The van der Waals surface area contributed by atoms with Gasteiger partial charge in [0.1, 0.15) is 0 Å². The molecule has 0 aromatic carbocycles. The lowest BCUT2D eigenvalue weighted by Crippen LogP contribution is -1.86. The minimum atomic E-state index is 0.824. The molecular weight excluding hydrogens is 106 g/mol. The Morgan fingerprint density at radius 1 is 1.86 bits per heavy atom. The second-order valence-corrected chi connectivity index (χ2v) is 2.01. The van der Waals surface area contributed by atoms with E-state index in [4.69, 9.17) is 5.73 Å². The highest BCUT2D eigenvalue weighted by molar-refractivity contribution is 8.04. The van der Waals surface area contributed by atoms with Gasteiger partial charge in [-0.25, -0.2) is 0 Å². The summed E-state index contributed by atoms with van der Waals surface area (Å²) >= 11 is 1.49. The third kappa shape index (κ3) is 5.63. The average molecular weight is 115 g/mol. The number of nitrogens with two attached hydrogens (primary N) is 1. The molecule has 0 heterocycles. The first-order chi connectivity index (χ1) is 3.27. The zero-order valence-electron chi connectivity index (χ0n) is 4.35. The van der Waals surface area contributed by atoms with Crippen molar-refractivity contribution in [2.45, 2.75) is 6.92 Å². The molecule has 0 fully saturated rings. The number of hydrogen-bond acceptors (Lipinski definition) is 2. The van der Waals surface area contributed by atoms with Gasteiger partial charge in [-0.2, -0.15) is 0 Å². The molecule has 7 heavy (non-hydrogen) atoms. The maximum absolute atomic E-state index is 5.27. The lowest BCUT2D eigenvalue weighted by atomic mass is 10.6. The summed E-state index contributed by atoms with van der Waals surface area (Å²) in [6.45, 7) is 5.34. The first-order valence-electron chi connectivity index (χ1n) is 1.96. The molecule has 0 atom stereocenters. The maximum atomic E-state index is 5.27. The molecule has 0 spiro atoms. The number of rotatable bonds is 2. The van der Waals surface area contributed by atoms with E-state index >= 15 is 0 Å². The van der Waals surface area contributed by atoms with E-state index in [2.05, 4.69) is 6.58 Å². The van der Waals surface area contributed by atoms with Gasteiger partial charge in [0.25, 0.3) is 0 Å². The van der Waals surface area contributed by atoms with E-state index in [-0.39, 0.29) is 0 Å². The summed E-state index contributed by atoms with van der Waals surface area (Å²) in [6, 6.07) is 0. The van der Waals surface area contributed by atoms with Gasteiger partial charge in [-0.05, 0) is 17.7 Å². The third-order valence-electron chi connectivity index (χ3n) is 0.350. The van der Waals surface area contributed by atoms with Gasteiger partial charge in [0.15, 0.2) is 0 Å². The van der Waals surface area contributed by atoms with Gasteiger partial charge >= 0.3 is 0 Å². The van der Waals surface area contributed by atoms with Crippen LogP contribution in [0.2, 0.25) is 0 Å². The molecule has 0 unspecified atom stereocenters. The minimum absolute atomic E-state index is 0.824. The van der Waals surface area contributed by atoms with E-state index in [0.29, 0.717) is 0 Å². The van der Waals surface area contributed by atoms with Crippen LogP contribution in [0.3, 0.4) is 0 Å². The number of thioether (sulfide) groups is 1. The second-order valence-electron chi connectivity index (χ2n) is 1.16. The van der Waals surface area contributed by atoms with Gasteiger partial charge in [-0.1, -0.05) is 6.58 Å². The molecule has 0 saturated carbocycles. The van der Waals surface area contributed by atoms with Gasteiger partial charge in [-0.15, -0.1) is 11.8 Å². The fourth-order valence-corrected chi connectivity index (χ4v) is 0.466. The van der Waals surface area contributed by atoms with E-state index in [0.717, 1.165) is 5.70 Å². The normalized spacial score (nSPS) is 11.3. The summed E-state index contributed by atoms with van der Waals surface area (Å²) in [4.78, 5) is 0. The SMILES string of the molecule is C=CS/C=C(\C)N. The summed E-state index contributed by atoms with van der Waals surface area (Å²) in [5.41, 5.74) is 6.09. The van der Waals surface area contributed by atoms with Crippen LogP contribution in [0.15, 0.2) is 23.1 Å². The summed E-state index contributed by atoms with van der Waals surface area (Å²) in [6.07, 6.45) is 0. The Morgan fingerprint density at radius 2 is 2.43 bits per heavy atom. The Balaban J connectivity index is 3.25. The molecule has 0 aliphatic carbocycles. The average Bonchev–Trinajstić information content (AvgIpc) is 1.61. The predicted molar refractivity (Wildman–Crippen MR) is 35.7 cm³/mol. The zero-order valence-corrected chi connectivity index (χ0v) is 5.16. The Kier molecular flexibility index (Phi) is 3.61. The van der Waals surface area contributed by atoms with E-state index in [1.165, 1.54) is 11.8 Å². The van der Waals surface area contributed by atoms with Gasteiger partial charge in [0.05, 0.1) is 0 Å². The fraction of sp³-hybridized carbons (Fsp3) is 0.200. The number of allylic oxidation sites excluding steroid dienone is 1. The van der Waals surface area contributed by atoms with E-state index < -0.39 is 0 Å². The molecule has 1 nitrogen and oxygen atoms in total. The van der Waals surface area contributed by atoms with Crippen LogP contribution in [0, 0.1) is 0 Å². The molecule has 2 N–H and O–H groups in total. The van der Waals surface area contributed by atoms with Crippen molar-refractivity contribution in [1.82, 2.24) is 0 Å². The highest BCUT2D eigenvalue weighted by atomic mass is 32.2. The van der Waals surface area contributed by atoms with E-state index in [1.807, 2.05) is 12.3 Å². The lowest BCUT2D eigenvalue weighted by Gasteiger charge is -1.82. The standard InChI is InChI=1S/C5H9NS/c1-3-7-4-5(2)6/h3-4H,1,6H2,2H3/b5-4+. The highest BCUT2D eigenvalue weighted by Crippen LogP contribution is 2.02. The van der Waals surface area contributed by atoms with Crippen LogP contribution in [0.4, 0.5) is 0 Å². The molecule has 0 aromatic rings. The first kappa shape index (κ1) is 6.63. The van der Waals surface area contributed by atoms with Gasteiger partial charge in [0.2, 0.25) is 0 Å². The van der Waals surface area contributed by atoms with Crippen molar-refractivity contribution in [2.75, 3.05) is 0 Å². The van der Waals surface area contributed by atoms with E-state index in [9.17, 15) is 0 Å². The van der Waals surface area contributed by atoms with Crippen LogP contribution in [0.5, 0.6) is 0 Å². The lowest BCUT2D eigenvalue weighted by molar-refractivity contribution is 1.33. The van der Waals surface area contributed by atoms with Crippen molar-refractivity contribution in [3.05, 3.63) is 23.1 Å². The molecule has 0 saturated heterocycles. The van der Waals surface area contributed by atoms with Crippen molar-refractivity contribution >= 4 is 11.8 Å². The van der Waals surface area contributed by atoms with Crippen molar-refractivity contribution in [2.24, 2.45) is 5.73 Å². The Morgan fingerprint density at radius 3 is 2.57 bits per heavy atom. The second kappa shape index (κ2) is 3.81. The summed E-state index contributed by atoms with van der Waals surface area (Å²) in [5, 5.41) is 3.57.